The highest BCUT2D eigenvalue weighted by Gasteiger charge is 2.13. The molecule has 0 aromatic carbocycles. The van der Waals surface area contributed by atoms with Crippen molar-refractivity contribution in [2.75, 3.05) is 13.7 Å². The molecule has 0 radical (unpaired) electrons. The molecular weight excluding hydrogens is 294 g/mol. The van der Waals surface area contributed by atoms with Gasteiger partial charge in [-0.15, -0.1) is 0 Å². The molecule has 2 aromatic rings. The van der Waals surface area contributed by atoms with Crippen molar-refractivity contribution in [3.05, 3.63) is 41.3 Å². The zero-order valence-electron chi connectivity index (χ0n) is 11.2. The summed E-state index contributed by atoms with van der Waals surface area (Å²) in [5.41, 5.74) is 1.40. The number of rotatable bonds is 6. The first-order valence-corrected chi connectivity index (χ1v) is 6.40. The molecule has 2 aromatic heterocycles. The molecule has 108 valence electrons. The molecule has 2 rings (SSSR count). The summed E-state index contributed by atoms with van der Waals surface area (Å²) in [5, 5.41) is 2.63. The van der Waals surface area contributed by atoms with E-state index in [2.05, 4.69) is 15.3 Å². The quantitative estimate of drug-likeness (QED) is 0.499. The molecule has 0 aliphatic heterocycles. The molecule has 2 heterocycles. The maximum absolute atomic E-state index is 11.9. The van der Waals surface area contributed by atoms with Crippen LogP contribution >= 0.6 is 11.6 Å². The SMILES string of the molecule is COc1ccc(C(=O)CNC=O)nc1-c1ccnc(Cl)c1. The predicted octanol–water partition coefficient (Wildman–Crippen LogP) is 1.73. The van der Waals surface area contributed by atoms with Crippen LogP contribution in [0.1, 0.15) is 10.5 Å². The summed E-state index contributed by atoms with van der Waals surface area (Å²) in [7, 11) is 1.51. The minimum Gasteiger partial charge on any atom is -0.494 e. The summed E-state index contributed by atoms with van der Waals surface area (Å²) in [4.78, 5) is 30.3. The van der Waals surface area contributed by atoms with Gasteiger partial charge in [-0.1, -0.05) is 11.6 Å². The van der Waals surface area contributed by atoms with E-state index in [9.17, 15) is 9.59 Å². The summed E-state index contributed by atoms with van der Waals surface area (Å²) in [6.45, 7) is -0.112. The molecule has 6 nitrogen and oxygen atoms in total. The summed E-state index contributed by atoms with van der Waals surface area (Å²) >= 11 is 5.87. The van der Waals surface area contributed by atoms with Crippen LogP contribution in [0.3, 0.4) is 0 Å². The number of amides is 1. The van der Waals surface area contributed by atoms with Crippen molar-refractivity contribution in [1.29, 1.82) is 0 Å². The number of nitrogens with zero attached hydrogens (tertiary/aromatic N) is 2. The second-order valence-corrected chi connectivity index (χ2v) is 4.42. The van der Waals surface area contributed by atoms with Gasteiger partial charge >= 0.3 is 0 Å². The third kappa shape index (κ3) is 3.55. The number of nitrogens with one attached hydrogen (secondary N) is 1. The number of aromatic nitrogens is 2. The lowest BCUT2D eigenvalue weighted by Gasteiger charge is -2.09. The van der Waals surface area contributed by atoms with Crippen LogP contribution < -0.4 is 10.1 Å². The Hall–Kier alpha value is -2.47. The molecule has 1 amide bonds. The molecule has 0 unspecified atom stereocenters. The Morgan fingerprint density at radius 1 is 1.43 bits per heavy atom. The van der Waals surface area contributed by atoms with E-state index in [0.717, 1.165) is 0 Å². The number of carbonyl (C=O) groups excluding carboxylic acids is 2. The minimum atomic E-state index is -0.300. The first-order valence-electron chi connectivity index (χ1n) is 6.03. The molecular formula is C14H12ClN3O3. The van der Waals surface area contributed by atoms with Crippen LogP contribution in [0.5, 0.6) is 5.75 Å². The van der Waals surface area contributed by atoms with E-state index in [4.69, 9.17) is 16.3 Å². The molecule has 0 bridgehead atoms. The molecule has 1 N–H and O–H groups in total. The monoisotopic (exact) mass is 305 g/mol. The van der Waals surface area contributed by atoms with Gasteiger partial charge in [0.1, 0.15) is 22.3 Å². The van der Waals surface area contributed by atoms with Gasteiger partial charge in [0.2, 0.25) is 6.41 Å². The third-order valence-corrected chi connectivity index (χ3v) is 2.92. The van der Waals surface area contributed by atoms with Crippen LogP contribution in [0.15, 0.2) is 30.5 Å². The van der Waals surface area contributed by atoms with Crippen molar-refractivity contribution in [2.45, 2.75) is 0 Å². The topological polar surface area (TPSA) is 81.2 Å². The highest BCUT2D eigenvalue weighted by molar-refractivity contribution is 6.29. The lowest BCUT2D eigenvalue weighted by atomic mass is 10.1. The lowest BCUT2D eigenvalue weighted by Crippen LogP contribution is -2.22. The van der Waals surface area contributed by atoms with Gasteiger partial charge in [-0.25, -0.2) is 9.97 Å². The Kier molecular flexibility index (Phi) is 4.84. The molecule has 0 aliphatic rings. The van der Waals surface area contributed by atoms with E-state index in [1.54, 1.807) is 30.5 Å². The molecule has 0 saturated carbocycles. The van der Waals surface area contributed by atoms with Crippen LogP contribution in [0, 0.1) is 0 Å². The van der Waals surface area contributed by atoms with Gasteiger partial charge in [0.05, 0.1) is 13.7 Å². The van der Waals surface area contributed by atoms with Crippen molar-refractivity contribution in [1.82, 2.24) is 15.3 Å². The largest absolute Gasteiger partial charge is 0.494 e. The predicted molar refractivity (Wildman–Crippen MR) is 77.4 cm³/mol. The highest BCUT2D eigenvalue weighted by Crippen LogP contribution is 2.29. The van der Waals surface area contributed by atoms with Crippen molar-refractivity contribution < 1.29 is 14.3 Å². The van der Waals surface area contributed by atoms with Crippen molar-refractivity contribution >= 4 is 23.8 Å². The van der Waals surface area contributed by atoms with E-state index in [-0.39, 0.29) is 18.0 Å². The minimum absolute atomic E-state index is 0.112. The summed E-state index contributed by atoms with van der Waals surface area (Å²) in [6, 6.07) is 6.53. The Balaban J connectivity index is 2.43. The first kappa shape index (κ1) is 14.9. The van der Waals surface area contributed by atoms with E-state index < -0.39 is 0 Å². The van der Waals surface area contributed by atoms with Crippen molar-refractivity contribution in [2.24, 2.45) is 0 Å². The lowest BCUT2D eigenvalue weighted by molar-refractivity contribution is -0.109. The standard InChI is InChI=1S/C14H12ClN3O3/c1-21-12-3-2-10(11(20)7-16-8-19)18-14(12)9-4-5-17-13(15)6-9/h2-6,8H,7H2,1H3,(H,16,19). The van der Waals surface area contributed by atoms with Crippen LogP contribution in [-0.2, 0) is 4.79 Å². The number of carbonyl (C=O) groups is 2. The Bertz CT molecular complexity index is 676. The summed E-state index contributed by atoms with van der Waals surface area (Å²) < 4.78 is 5.25. The maximum atomic E-state index is 11.9. The van der Waals surface area contributed by atoms with Crippen molar-refractivity contribution in [3.8, 4) is 17.0 Å². The van der Waals surface area contributed by atoms with E-state index >= 15 is 0 Å². The van der Waals surface area contributed by atoms with Gasteiger partial charge in [0.25, 0.3) is 0 Å². The number of hydrogen-bond donors (Lipinski definition) is 1. The van der Waals surface area contributed by atoms with Gasteiger partial charge in [0, 0.05) is 11.8 Å². The van der Waals surface area contributed by atoms with Crippen molar-refractivity contribution in [3.63, 3.8) is 0 Å². The van der Waals surface area contributed by atoms with Crippen LogP contribution in [0.25, 0.3) is 11.3 Å². The number of halogens is 1. The van der Waals surface area contributed by atoms with Crippen LogP contribution in [-0.4, -0.2) is 35.8 Å². The number of ether oxygens (including phenoxy) is 1. The van der Waals surface area contributed by atoms with E-state index in [1.807, 2.05) is 0 Å². The second kappa shape index (κ2) is 6.81. The summed E-state index contributed by atoms with van der Waals surface area (Å²) in [6.07, 6.45) is 2.01. The first-order chi connectivity index (χ1) is 10.2. The summed E-state index contributed by atoms with van der Waals surface area (Å²) in [5.74, 6) is 0.211. The fourth-order valence-corrected chi connectivity index (χ4v) is 1.92. The van der Waals surface area contributed by atoms with Gasteiger partial charge in [-0.2, -0.15) is 0 Å². The van der Waals surface area contributed by atoms with E-state index in [0.29, 0.717) is 28.6 Å². The second-order valence-electron chi connectivity index (χ2n) is 4.04. The number of ketones is 1. The average Bonchev–Trinajstić information content (AvgIpc) is 2.52. The maximum Gasteiger partial charge on any atom is 0.207 e. The molecule has 0 aliphatic carbocycles. The molecule has 21 heavy (non-hydrogen) atoms. The molecule has 7 heteroatoms. The molecule has 0 fully saturated rings. The average molecular weight is 306 g/mol. The van der Waals surface area contributed by atoms with Crippen LogP contribution in [0.2, 0.25) is 5.15 Å². The fraction of sp³-hybridized carbons (Fsp3) is 0.143. The molecule has 0 atom stereocenters. The third-order valence-electron chi connectivity index (χ3n) is 2.71. The number of pyridine rings is 2. The van der Waals surface area contributed by atoms with Gasteiger partial charge in [0.15, 0.2) is 5.78 Å². The number of hydrogen-bond acceptors (Lipinski definition) is 5. The molecule has 0 spiro atoms. The molecule has 0 saturated heterocycles. The van der Waals surface area contributed by atoms with Gasteiger partial charge in [-0.3, -0.25) is 9.59 Å². The fourth-order valence-electron chi connectivity index (χ4n) is 1.75. The smallest absolute Gasteiger partial charge is 0.207 e. The van der Waals surface area contributed by atoms with Gasteiger partial charge in [-0.05, 0) is 24.3 Å². The van der Waals surface area contributed by atoms with Crippen LogP contribution in [0.4, 0.5) is 0 Å². The Morgan fingerprint density at radius 2 is 2.24 bits per heavy atom. The highest BCUT2D eigenvalue weighted by atomic mass is 35.5. The number of methoxy groups -OCH3 is 1. The Labute approximate surface area is 126 Å². The Morgan fingerprint density at radius 3 is 2.90 bits per heavy atom. The number of Topliss-reactive ketones (excluding diaryl/α,β-unsaturated/α-hetero) is 1. The van der Waals surface area contributed by atoms with Gasteiger partial charge < -0.3 is 10.1 Å². The zero-order chi connectivity index (χ0) is 15.2. The normalized spacial score (nSPS) is 10.0. The van der Waals surface area contributed by atoms with E-state index in [1.165, 1.54) is 7.11 Å². The zero-order valence-corrected chi connectivity index (χ0v) is 11.9.